The van der Waals surface area contributed by atoms with E-state index in [1.165, 1.54) is 16.7 Å². The minimum absolute atomic E-state index is 0.235. The Bertz CT molecular complexity index is 483. The molecule has 0 nitrogen and oxygen atoms in total. The van der Waals surface area contributed by atoms with Gasteiger partial charge in [0.1, 0.15) is 0 Å². The highest BCUT2D eigenvalue weighted by atomic mass is 79.9. The zero-order valence-corrected chi connectivity index (χ0v) is 12.6. The van der Waals surface area contributed by atoms with Crippen molar-refractivity contribution >= 4 is 15.9 Å². The third kappa shape index (κ3) is 3.02. The van der Waals surface area contributed by atoms with Crippen molar-refractivity contribution in [2.45, 2.75) is 25.7 Å². The third-order valence-corrected chi connectivity index (χ3v) is 3.89. The summed E-state index contributed by atoms with van der Waals surface area (Å²) in [6.45, 7) is 4.59. The standard InChI is InChI=1S/C17H19Br/c1-17(2,12-13-18)16-10-8-15(9-11-16)14-6-4-3-5-7-14/h3-11H,12-13H2,1-2H3. The lowest BCUT2D eigenvalue weighted by molar-refractivity contribution is 0.512. The molecular weight excluding hydrogens is 284 g/mol. The first-order valence-electron chi connectivity index (χ1n) is 6.35. The Balaban J connectivity index is 2.26. The maximum Gasteiger partial charge on any atom is 0.00395 e. The molecule has 0 heterocycles. The number of halogens is 1. The van der Waals surface area contributed by atoms with Crippen molar-refractivity contribution in [1.29, 1.82) is 0 Å². The van der Waals surface area contributed by atoms with Gasteiger partial charge in [-0.15, -0.1) is 0 Å². The van der Waals surface area contributed by atoms with E-state index in [1.807, 2.05) is 0 Å². The highest BCUT2D eigenvalue weighted by molar-refractivity contribution is 9.09. The van der Waals surface area contributed by atoms with Crippen LogP contribution in [0.2, 0.25) is 0 Å². The van der Waals surface area contributed by atoms with Gasteiger partial charge >= 0.3 is 0 Å². The van der Waals surface area contributed by atoms with Crippen molar-refractivity contribution in [3.05, 3.63) is 60.2 Å². The summed E-state index contributed by atoms with van der Waals surface area (Å²) in [5.74, 6) is 0. The Hall–Kier alpha value is -1.08. The fourth-order valence-corrected chi connectivity index (χ4v) is 3.12. The third-order valence-electron chi connectivity index (χ3n) is 3.49. The van der Waals surface area contributed by atoms with Crippen molar-refractivity contribution in [2.75, 3.05) is 5.33 Å². The molecule has 1 heteroatoms. The van der Waals surface area contributed by atoms with Crippen molar-refractivity contribution < 1.29 is 0 Å². The van der Waals surface area contributed by atoms with Crippen molar-refractivity contribution in [3.63, 3.8) is 0 Å². The molecular formula is C17H19Br. The summed E-state index contributed by atoms with van der Waals surface area (Å²) >= 11 is 3.53. The van der Waals surface area contributed by atoms with Crippen LogP contribution in [0.15, 0.2) is 54.6 Å². The zero-order chi connectivity index (χ0) is 13.0. The number of rotatable bonds is 4. The lowest BCUT2D eigenvalue weighted by atomic mass is 9.82. The predicted octanol–water partition coefficient (Wildman–Crippen LogP) is 5.42. The molecule has 0 aromatic heterocycles. The number of alkyl halides is 1. The first-order chi connectivity index (χ1) is 8.63. The molecule has 0 saturated heterocycles. The lowest BCUT2D eigenvalue weighted by Gasteiger charge is -2.24. The van der Waals surface area contributed by atoms with E-state index < -0.39 is 0 Å². The monoisotopic (exact) mass is 302 g/mol. The maximum absolute atomic E-state index is 3.53. The minimum Gasteiger partial charge on any atom is -0.0928 e. The van der Waals surface area contributed by atoms with Crippen LogP contribution in [0.4, 0.5) is 0 Å². The molecule has 0 amide bonds. The molecule has 94 valence electrons. The molecule has 0 saturated carbocycles. The molecule has 0 N–H and O–H groups in total. The van der Waals surface area contributed by atoms with Crippen LogP contribution in [0, 0.1) is 0 Å². The van der Waals surface area contributed by atoms with Gasteiger partial charge in [-0.1, -0.05) is 84.4 Å². The summed E-state index contributed by atoms with van der Waals surface area (Å²) in [5, 5.41) is 1.04. The molecule has 0 bridgehead atoms. The summed E-state index contributed by atoms with van der Waals surface area (Å²) < 4.78 is 0. The predicted molar refractivity (Wildman–Crippen MR) is 83.3 cm³/mol. The molecule has 2 aromatic carbocycles. The van der Waals surface area contributed by atoms with Crippen LogP contribution in [-0.4, -0.2) is 5.33 Å². The van der Waals surface area contributed by atoms with E-state index in [0.717, 1.165) is 11.8 Å². The van der Waals surface area contributed by atoms with Crippen LogP contribution >= 0.6 is 15.9 Å². The lowest BCUT2D eigenvalue weighted by Crippen LogP contribution is -2.17. The van der Waals surface area contributed by atoms with E-state index in [2.05, 4.69) is 84.4 Å². The summed E-state index contributed by atoms with van der Waals surface area (Å²) in [6, 6.07) is 19.5. The summed E-state index contributed by atoms with van der Waals surface area (Å²) in [7, 11) is 0. The number of benzene rings is 2. The van der Waals surface area contributed by atoms with E-state index in [1.54, 1.807) is 0 Å². The van der Waals surface area contributed by atoms with Gasteiger partial charge in [-0.3, -0.25) is 0 Å². The minimum atomic E-state index is 0.235. The summed E-state index contributed by atoms with van der Waals surface area (Å²) in [5.41, 5.74) is 4.21. The normalized spacial score (nSPS) is 11.5. The van der Waals surface area contributed by atoms with Gasteiger partial charge in [0.2, 0.25) is 0 Å². The van der Waals surface area contributed by atoms with Gasteiger partial charge in [0.05, 0.1) is 0 Å². The van der Waals surface area contributed by atoms with Gasteiger partial charge in [0.25, 0.3) is 0 Å². The molecule has 0 spiro atoms. The Morgan fingerprint density at radius 2 is 1.39 bits per heavy atom. The van der Waals surface area contributed by atoms with Gasteiger partial charge in [-0.05, 0) is 28.5 Å². The molecule has 0 unspecified atom stereocenters. The van der Waals surface area contributed by atoms with Crippen LogP contribution in [0.3, 0.4) is 0 Å². The van der Waals surface area contributed by atoms with Crippen LogP contribution in [0.25, 0.3) is 11.1 Å². The van der Waals surface area contributed by atoms with Crippen molar-refractivity contribution in [3.8, 4) is 11.1 Å². The highest BCUT2D eigenvalue weighted by Gasteiger charge is 2.19. The molecule has 2 aromatic rings. The van der Waals surface area contributed by atoms with Gasteiger partial charge < -0.3 is 0 Å². The van der Waals surface area contributed by atoms with Crippen molar-refractivity contribution in [2.24, 2.45) is 0 Å². The van der Waals surface area contributed by atoms with Gasteiger partial charge in [-0.25, -0.2) is 0 Å². The second-order valence-corrected chi connectivity index (χ2v) is 6.06. The quantitative estimate of drug-likeness (QED) is 0.662. The Morgan fingerprint density at radius 1 is 0.833 bits per heavy atom. The second kappa shape index (κ2) is 5.71. The fraction of sp³-hybridized carbons (Fsp3) is 0.294. The maximum atomic E-state index is 3.53. The van der Waals surface area contributed by atoms with Crippen LogP contribution in [0.5, 0.6) is 0 Å². The first kappa shape index (κ1) is 13.4. The van der Waals surface area contributed by atoms with Crippen LogP contribution in [0.1, 0.15) is 25.8 Å². The van der Waals surface area contributed by atoms with Gasteiger partial charge in [0, 0.05) is 5.33 Å². The first-order valence-corrected chi connectivity index (χ1v) is 7.47. The fourth-order valence-electron chi connectivity index (χ4n) is 2.13. The second-order valence-electron chi connectivity index (χ2n) is 5.27. The molecule has 18 heavy (non-hydrogen) atoms. The number of hydrogen-bond donors (Lipinski definition) is 0. The van der Waals surface area contributed by atoms with Gasteiger partial charge in [-0.2, -0.15) is 0 Å². The van der Waals surface area contributed by atoms with Gasteiger partial charge in [0.15, 0.2) is 0 Å². The highest BCUT2D eigenvalue weighted by Crippen LogP contribution is 2.29. The zero-order valence-electron chi connectivity index (χ0n) is 11.0. The van der Waals surface area contributed by atoms with E-state index in [-0.39, 0.29) is 5.41 Å². The number of hydrogen-bond acceptors (Lipinski definition) is 0. The smallest absolute Gasteiger partial charge is 0.00395 e. The van der Waals surface area contributed by atoms with Crippen molar-refractivity contribution in [1.82, 2.24) is 0 Å². The van der Waals surface area contributed by atoms with E-state index in [4.69, 9.17) is 0 Å². The Kier molecular flexibility index (Phi) is 4.23. The summed E-state index contributed by atoms with van der Waals surface area (Å²) in [4.78, 5) is 0. The molecule has 0 radical (unpaired) electrons. The van der Waals surface area contributed by atoms with Crippen LogP contribution in [-0.2, 0) is 5.41 Å². The van der Waals surface area contributed by atoms with Crippen LogP contribution < -0.4 is 0 Å². The van der Waals surface area contributed by atoms with E-state index >= 15 is 0 Å². The average Bonchev–Trinajstić information content (AvgIpc) is 2.40. The SMILES string of the molecule is CC(C)(CCBr)c1ccc(-c2ccccc2)cc1. The Morgan fingerprint density at radius 3 is 1.94 bits per heavy atom. The molecule has 2 rings (SSSR count). The largest absolute Gasteiger partial charge is 0.0928 e. The molecule has 0 aliphatic heterocycles. The Labute approximate surface area is 118 Å². The molecule has 0 atom stereocenters. The molecule has 0 aliphatic carbocycles. The average molecular weight is 303 g/mol. The molecule has 0 aliphatic rings. The molecule has 0 fully saturated rings. The summed E-state index contributed by atoms with van der Waals surface area (Å²) in [6.07, 6.45) is 1.15. The van der Waals surface area contributed by atoms with E-state index in [9.17, 15) is 0 Å². The van der Waals surface area contributed by atoms with E-state index in [0.29, 0.717) is 0 Å². The topological polar surface area (TPSA) is 0 Å².